The lowest BCUT2D eigenvalue weighted by atomic mass is 10.0. The summed E-state index contributed by atoms with van der Waals surface area (Å²) in [5.41, 5.74) is 1.08. The van der Waals surface area contributed by atoms with Gasteiger partial charge in [0.05, 0.1) is 23.3 Å². The summed E-state index contributed by atoms with van der Waals surface area (Å²) in [5, 5.41) is 10.2. The molecule has 0 spiro atoms. The highest BCUT2D eigenvalue weighted by Crippen LogP contribution is 2.24. The van der Waals surface area contributed by atoms with Crippen molar-refractivity contribution >= 4 is 27.5 Å². The van der Waals surface area contributed by atoms with Crippen LogP contribution in [0.1, 0.15) is 24.8 Å². The van der Waals surface area contributed by atoms with Crippen LogP contribution < -0.4 is 0 Å². The average molecular weight is 333 g/mol. The van der Waals surface area contributed by atoms with Crippen LogP contribution >= 0.6 is 11.3 Å². The Hall–Kier alpha value is -1.50. The summed E-state index contributed by atoms with van der Waals surface area (Å²) in [7, 11) is 0. The first-order valence-electron chi connectivity index (χ1n) is 8.18. The highest BCUT2D eigenvalue weighted by Gasteiger charge is 2.25. The van der Waals surface area contributed by atoms with Gasteiger partial charge in [0.25, 0.3) is 0 Å². The molecule has 1 aliphatic heterocycles. The van der Waals surface area contributed by atoms with Crippen LogP contribution in [-0.4, -0.2) is 58.1 Å². The topological polar surface area (TPSA) is 56.7 Å². The van der Waals surface area contributed by atoms with Crippen LogP contribution in [0, 0.1) is 0 Å². The zero-order chi connectivity index (χ0) is 16.2. The molecule has 6 heteroatoms. The monoisotopic (exact) mass is 333 g/mol. The summed E-state index contributed by atoms with van der Waals surface area (Å²) in [4.78, 5) is 20.2. The molecular weight excluding hydrogens is 310 g/mol. The van der Waals surface area contributed by atoms with Gasteiger partial charge in [-0.15, -0.1) is 11.3 Å². The average Bonchev–Trinajstić information content (AvgIpc) is 2.95. The summed E-state index contributed by atoms with van der Waals surface area (Å²) in [5.74, 6) is -0.733. The molecule has 124 valence electrons. The lowest BCUT2D eigenvalue weighted by Gasteiger charge is -2.37. The molecule has 0 radical (unpaired) electrons. The minimum atomic E-state index is -0.733. The Balaban J connectivity index is 1.55. The third kappa shape index (κ3) is 4.07. The fourth-order valence-electron chi connectivity index (χ4n) is 3.29. The minimum absolute atomic E-state index is 0.152. The van der Waals surface area contributed by atoms with E-state index in [4.69, 9.17) is 10.1 Å². The van der Waals surface area contributed by atoms with Gasteiger partial charge in [-0.05, 0) is 31.5 Å². The number of para-hydroxylation sites is 1. The second kappa shape index (κ2) is 7.38. The van der Waals surface area contributed by atoms with Crippen LogP contribution in [0.5, 0.6) is 0 Å². The Morgan fingerprint density at radius 1 is 1.39 bits per heavy atom. The minimum Gasteiger partial charge on any atom is -0.480 e. The van der Waals surface area contributed by atoms with Gasteiger partial charge in [0.15, 0.2) is 0 Å². The first-order chi connectivity index (χ1) is 11.2. The van der Waals surface area contributed by atoms with Crippen molar-refractivity contribution in [2.45, 2.75) is 32.4 Å². The fraction of sp³-hybridized carbons (Fsp3) is 0.529. The van der Waals surface area contributed by atoms with Gasteiger partial charge in [0, 0.05) is 19.1 Å². The first-order valence-corrected chi connectivity index (χ1v) is 9.00. The molecule has 1 aliphatic rings. The van der Waals surface area contributed by atoms with Crippen molar-refractivity contribution in [3.8, 4) is 0 Å². The molecule has 1 N–H and O–H groups in total. The molecule has 2 heterocycles. The highest BCUT2D eigenvalue weighted by atomic mass is 32.1. The lowest BCUT2D eigenvalue weighted by molar-refractivity contribution is -0.139. The predicted molar refractivity (Wildman–Crippen MR) is 92.8 cm³/mol. The summed E-state index contributed by atoms with van der Waals surface area (Å²) in [6, 6.07) is 8.65. The van der Waals surface area contributed by atoms with E-state index in [2.05, 4.69) is 28.0 Å². The van der Waals surface area contributed by atoms with E-state index in [1.54, 1.807) is 11.3 Å². The first kappa shape index (κ1) is 16.4. The van der Waals surface area contributed by atoms with Gasteiger partial charge in [0.1, 0.15) is 5.01 Å². The number of thiazole rings is 1. The number of carboxylic acid groups (broad SMARTS) is 1. The molecule has 0 atom stereocenters. The van der Waals surface area contributed by atoms with Gasteiger partial charge in [-0.25, -0.2) is 4.98 Å². The second-order valence-electron chi connectivity index (χ2n) is 6.04. The molecule has 1 aromatic carbocycles. The van der Waals surface area contributed by atoms with Gasteiger partial charge < -0.3 is 5.11 Å². The molecule has 5 nitrogen and oxygen atoms in total. The summed E-state index contributed by atoms with van der Waals surface area (Å²) < 4.78 is 1.25. The highest BCUT2D eigenvalue weighted by molar-refractivity contribution is 7.18. The molecule has 23 heavy (non-hydrogen) atoms. The molecule has 0 bridgehead atoms. The molecule has 3 rings (SSSR count). The molecule has 0 aliphatic carbocycles. The van der Waals surface area contributed by atoms with E-state index in [1.807, 2.05) is 13.0 Å². The van der Waals surface area contributed by atoms with Crippen molar-refractivity contribution in [1.82, 2.24) is 14.8 Å². The van der Waals surface area contributed by atoms with Crippen LogP contribution in [0.25, 0.3) is 10.2 Å². The number of nitrogens with zero attached hydrogens (tertiary/aromatic N) is 3. The van der Waals surface area contributed by atoms with Crippen LogP contribution in [0.3, 0.4) is 0 Å². The van der Waals surface area contributed by atoms with Crippen LogP contribution in [0.2, 0.25) is 0 Å². The summed E-state index contributed by atoms with van der Waals surface area (Å²) >= 11 is 1.77. The lowest BCUT2D eigenvalue weighted by Crippen LogP contribution is -2.46. The van der Waals surface area contributed by atoms with E-state index in [1.165, 1.54) is 9.71 Å². The van der Waals surface area contributed by atoms with Crippen LogP contribution in [0.4, 0.5) is 0 Å². The number of piperidine rings is 1. The van der Waals surface area contributed by atoms with Gasteiger partial charge in [0.2, 0.25) is 0 Å². The van der Waals surface area contributed by atoms with Gasteiger partial charge in [-0.1, -0.05) is 19.1 Å². The largest absolute Gasteiger partial charge is 0.480 e. The maximum Gasteiger partial charge on any atom is 0.317 e. The number of rotatable bonds is 6. The van der Waals surface area contributed by atoms with Crippen LogP contribution in [-0.2, 0) is 11.3 Å². The van der Waals surface area contributed by atoms with Gasteiger partial charge >= 0.3 is 5.97 Å². The Bertz CT molecular complexity index is 632. The Kier molecular flexibility index (Phi) is 5.25. The number of aromatic nitrogens is 1. The zero-order valence-corrected chi connectivity index (χ0v) is 14.3. The molecule has 0 amide bonds. The van der Waals surface area contributed by atoms with Crippen molar-refractivity contribution in [3.63, 3.8) is 0 Å². The normalized spacial score (nSPS) is 17.1. The predicted octanol–water partition coefficient (Wildman–Crippen LogP) is 2.67. The van der Waals surface area contributed by atoms with Crippen molar-refractivity contribution in [1.29, 1.82) is 0 Å². The molecule has 1 saturated heterocycles. The quantitative estimate of drug-likeness (QED) is 0.881. The number of aliphatic carboxylic acids is 1. The molecular formula is C17H23N3O2S. The smallest absolute Gasteiger partial charge is 0.317 e. The molecule has 0 unspecified atom stereocenters. The summed E-state index contributed by atoms with van der Waals surface area (Å²) in [6.45, 7) is 5.91. The van der Waals surface area contributed by atoms with Crippen molar-refractivity contribution in [3.05, 3.63) is 29.3 Å². The molecule has 0 saturated carbocycles. The number of likely N-dealkylation sites (N-methyl/N-ethyl adjacent to an activating group) is 1. The third-order valence-corrected chi connectivity index (χ3v) is 5.54. The van der Waals surface area contributed by atoms with E-state index in [-0.39, 0.29) is 6.54 Å². The number of carboxylic acids is 1. The van der Waals surface area contributed by atoms with Crippen molar-refractivity contribution < 1.29 is 9.90 Å². The van der Waals surface area contributed by atoms with Crippen molar-refractivity contribution in [2.24, 2.45) is 0 Å². The summed E-state index contributed by atoms with van der Waals surface area (Å²) in [6.07, 6.45) is 2.07. The van der Waals surface area contributed by atoms with E-state index >= 15 is 0 Å². The Morgan fingerprint density at radius 2 is 2.13 bits per heavy atom. The maximum atomic E-state index is 10.9. The third-order valence-electron chi connectivity index (χ3n) is 4.52. The Morgan fingerprint density at radius 3 is 2.78 bits per heavy atom. The van der Waals surface area contributed by atoms with Gasteiger partial charge in [-0.3, -0.25) is 14.6 Å². The fourth-order valence-corrected chi connectivity index (χ4v) is 4.30. The molecule has 1 fully saturated rings. The number of fused-ring (bicyclic) bond motifs is 1. The molecule has 2 aromatic rings. The Labute approximate surface area is 140 Å². The van der Waals surface area contributed by atoms with E-state index in [9.17, 15) is 4.79 Å². The second-order valence-corrected chi connectivity index (χ2v) is 7.15. The van der Waals surface area contributed by atoms with E-state index in [0.29, 0.717) is 6.04 Å². The number of benzene rings is 1. The van der Waals surface area contributed by atoms with Crippen molar-refractivity contribution in [2.75, 3.05) is 26.2 Å². The molecule has 1 aromatic heterocycles. The number of likely N-dealkylation sites (tertiary alicyclic amines) is 1. The SMILES string of the molecule is CCN(CC(=O)O)C1CCN(Cc2nc3ccccc3s2)CC1. The number of hydrogen-bond donors (Lipinski definition) is 1. The zero-order valence-electron chi connectivity index (χ0n) is 13.4. The maximum absolute atomic E-state index is 10.9. The number of carbonyl (C=O) groups is 1. The standard InChI is InChI=1S/C17H23N3O2S/c1-2-20(12-17(21)22)13-7-9-19(10-8-13)11-16-18-14-5-3-4-6-15(14)23-16/h3-6,13H,2,7-12H2,1H3,(H,21,22). The van der Waals surface area contributed by atoms with E-state index < -0.39 is 5.97 Å². The number of hydrogen-bond acceptors (Lipinski definition) is 5. The van der Waals surface area contributed by atoms with E-state index in [0.717, 1.165) is 44.5 Å². The van der Waals surface area contributed by atoms with Crippen LogP contribution in [0.15, 0.2) is 24.3 Å². The van der Waals surface area contributed by atoms with Gasteiger partial charge in [-0.2, -0.15) is 0 Å².